The molecule has 1 aliphatic carbocycles. The van der Waals surface area contributed by atoms with E-state index in [9.17, 15) is 0 Å². The largest absolute Gasteiger partial charge is 0.313 e. The molecule has 0 radical (unpaired) electrons. The van der Waals surface area contributed by atoms with Gasteiger partial charge < -0.3 is 5.32 Å². The number of hydrogen-bond donors (Lipinski definition) is 1. The van der Waals surface area contributed by atoms with Gasteiger partial charge in [-0.1, -0.05) is 32.4 Å². The Morgan fingerprint density at radius 2 is 2.17 bits per heavy atom. The van der Waals surface area contributed by atoms with Crippen LogP contribution >= 0.6 is 22.9 Å². The van der Waals surface area contributed by atoms with Crippen molar-refractivity contribution in [2.45, 2.75) is 39.7 Å². The summed E-state index contributed by atoms with van der Waals surface area (Å²) in [5.41, 5.74) is 5.05. The average molecular weight is 347 g/mol. The zero-order chi connectivity index (χ0) is 16.4. The summed E-state index contributed by atoms with van der Waals surface area (Å²) in [5, 5.41) is 5.20. The summed E-state index contributed by atoms with van der Waals surface area (Å²) < 4.78 is 0.937. The van der Waals surface area contributed by atoms with Gasteiger partial charge in [-0.3, -0.25) is 0 Å². The lowest BCUT2D eigenvalue weighted by Gasteiger charge is -2.27. The van der Waals surface area contributed by atoms with Crippen molar-refractivity contribution in [2.75, 3.05) is 7.05 Å². The van der Waals surface area contributed by atoms with Crippen LogP contribution in [0.2, 0.25) is 5.15 Å². The van der Waals surface area contributed by atoms with Gasteiger partial charge in [-0.2, -0.15) is 0 Å². The molecule has 1 aliphatic rings. The van der Waals surface area contributed by atoms with Crippen molar-refractivity contribution in [1.82, 2.24) is 20.3 Å². The SMILES string of the molecule is CCc1nc2sc3c(Cl)ncnc3c2c2c1CC(C)(C)C2NC. The maximum atomic E-state index is 6.30. The number of halogens is 1. The molecule has 3 heterocycles. The molecule has 0 saturated heterocycles. The maximum absolute atomic E-state index is 6.30. The quantitative estimate of drug-likeness (QED) is 0.703. The maximum Gasteiger partial charge on any atom is 0.150 e. The number of hydrogen-bond acceptors (Lipinski definition) is 5. The Hall–Kier alpha value is -1.30. The number of nitrogens with one attached hydrogen (secondary N) is 1. The predicted octanol–water partition coefficient (Wildman–Crippen LogP) is 4.30. The third-order valence-electron chi connectivity index (χ3n) is 4.92. The summed E-state index contributed by atoms with van der Waals surface area (Å²) in [7, 11) is 2.04. The molecule has 0 aromatic carbocycles. The molecular formula is C17H19ClN4S. The Kier molecular flexibility index (Phi) is 3.38. The Morgan fingerprint density at radius 1 is 1.39 bits per heavy atom. The van der Waals surface area contributed by atoms with Gasteiger partial charge in [0, 0.05) is 17.1 Å². The molecule has 0 amide bonds. The minimum atomic E-state index is 0.155. The van der Waals surface area contributed by atoms with E-state index in [0.29, 0.717) is 11.2 Å². The summed E-state index contributed by atoms with van der Waals surface area (Å²) in [6.07, 6.45) is 3.53. The molecule has 3 aromatic heterocycles. The number of aromatic nitrogens is 3. The van der Waals surface area contributed by atoms with Crippen LogP contribution in [0.15, 0.2) is 6.33 Å². The zero-order valence-electron chi connectivity index (χ0n) is 13.7. The first-order valence-electron chi connectivity index (χ1n) is 7.89. The van der Waals surface area contributed by atoms with Crippen molar-refractivity contribution in [2.24, 2.45) is 5.41 Å². The summed E-state index contributed by atoms with van der Waals surface area (Å²) in [5.74, 6) is 0. The van der Waals surface area contributed by atoms with Crippen molar-refractivity contribution in [3.63, 3.8) is 0 Å². The molecule has 120 valence electrons. The van der Waals surface area contributed by atoms with E-state index in [1.165, 1.54) is 16.8 Å². The van der Waals surface area contributed by atoms with Crippen molar-refractivity contribution >= 4 is 43.4 Å². The third kappa shape index (κ3) is 2.03. The van der Waals surface area contributed by atoms with Gasteiger partial charge in [0.05, 0.1) is 10.2 Å². The van der Waals surface area contributed by atoms with Crippen LogP contribution in [-0.2, 0) is 12.8 Å². The van der Waals surface area contributed by atoms with E-state index in [2.05, 4.69) is 36.1 Å². The fourth-order valence-electron chi connectivity index (χ4n) is 3.98. The fourth-order valence-corrected chi connectivity index (χ4v) is 5.27. The lowest BCUT2D eigenvalue weighted by atomic mass is 9.85. The van der Waals surface area contributed by atoms with Gasteiger partial charge >= 0.3 is 0 Å². The Balaban J connectivity index is 2.19. The Morgan fingerprint density at radius 3 is 2.87 bits per heavy atom. The molecular weight excluding hydrogens is 328 g/mol. The van der Waals surface area contributed by atoms with Gasteiger partial charge in [-0.05, 0) is 36.4 Å². The summed E-state index contributed by atoms with van der Waals surface area (Å²) in [6, 6.07) is 0.292. The second-order valence-corrected chi connectivity index (χ2v) is 8.17. The highest BCUT2D eigenvalue weighted by Gasteiger charge is 2.41. The van der Waals surface area contributed by atoms with Crippen molar-refractivity contribution in [3.8, 4) is 0 Å². The second kappa shape index (κ2) is 5.10. The van der Waals surface area contributed by atoms with Crippen LogP contribution in [0.5, 0.6) is 0 Å². The van der Waals surface area contributed by atoms with Gasteiger partial charge in [0.25, 0.3) is 0 Å². The van der Waals surface area contributed by atoms with E-state index in [-0.39, 0.29) is 5.41 Å². The third-order valence-corrected chi connectivity index (χ3v) is 6.39. The molecule has 3 aromatic rings. The van der Waals surface area contributed by atoms with Gasteiger partial charge in [0.1, 0.15) is 16.3 Å². The van der Waals surface area contributed by atoms with Gasteiger partial charge in [0.2, 0.25) is 0 Å². The van der Waals surface area contributed by atoms with Gasteiger partial charge in [-0.15, -0.1) is 11.3 Å². The number of thiophene rings is 1. The van der Waals surface area contributed by atoms with E-state index in [1.807, 2.05) is 7.05 Å². The van der Waals surface area contributed by atoms with Crippen LogP contribution in [0.4, 0.5) is 0 Å². The lowest BCUT2D eigenvalue weighted by Crippen LogP contribution is -2.28. The topological polar surface area (TPSA) is 50.7 Å². The van der Waals surface area contributed by atoms with E-state index in [0.717, 1.165) is 33.3 Å². The predicted molar refractivity (Wildman–Crippen MR) is 96.4 cm³/mol. The highest BCUT2D eigenvalue weighted by atomic mass is 35.5. The Bertz CT molecular complexity index is 931. The monoisotopic (exact) mass is 346 g/mol. The highest BCUT2D eigenvalue weighted by molar-refractivity contribution is 7.26. The van der Waals surface area contributed by atoms with E-state index >= 15 is 0 Å². The van der Waals surface area contributed by atoms with E-state index in [1.54, 1.807) is 17.7 Å². The number of rotatable bonds is 2. The van der Waals surface area contributed by atoms with E-state index < -0.39 is 0 Å². The normalized spacial score (nSPS) is 19.6. The Labute approximate surface area is 144 Å². The molecule has 1 N–H and O–H groups in total. The van der Waals surface area contributed by atoms with Gasteiger partial charge in [0.15, 0.2) is 0 Å². The molecule has 0 aliphatic heterocycles. The molecule has 1 unspecified atom stereocenters. The summed E-state index contributed by atoms with van der Waals surface area (Å²) in [6.45, 7) is 6.81. The van der Waals surface area contributed by atoms with Crippen molar-refractivity contribution in [1.29, 1.82) is 0 Å². The van der Waals surface area contributed by atoms with Gasteiger partial charge in [-0.25, -0.2) is 15.0 Å². The van der Waals surface area contributed by atoms with Crippen LogP contribution in [0.1, 0.15) is 43.6 Å². The lowest BCUT2D eigenvalue weighted by molar-refractivity contribution is 0.283. The molecule has 0 spiro atoms. The van der Waals surface area contributed by atoms with Crippen LogP contribution in [-0.4, -0.2) is 22.0 Å². The first-order valence-corrected chi connectivity index (χ1v) is 9.09. The molecule has 0 fully saturated rings. The van der Waals surface area contributed by atoms with E-state index in [4.69, 9.17) is 16.6 Å². The molecule has 4 nitrogen and oxygen atoms in total. The summed E-state index contributed by atoms with van der Waals surface area (Å²) in [4.78, 5) is 14.6. The standard InChI is InChI=1S/C17H19ClN4S/c1-5-9-8-6-17(2,3)14(19-4)10(8)11-12-13(23-16(11)22-9)15(18)21-7-20-12/h7,14,19H,5-6H2,1-4H3. The molecule has 0 saturated carbocycles. The fraction of sp³-hybridized carbons (Fsp3) is 0.471. The first-order chi connectivity index (χ1) is 11.0. The molecule has 23 heavy (non-hydrogen) atoms. The molecule has 1 atom stereocenters. The number of pyridine rings is 1. The minimum absolute atomic E-state index is 0.155. The smallest absolute Gasteiger partial charge is 0.150 e. The molecule has 6 heteroatoms. The average Bonchev–Trinajstić information content (AvgIpc) is 3.00. The van der Waals surface area contributed by atoms with Crippen molar-refractivity contribution in [3.05, 3.63) is 28.3 Å². The number of nitrogens with zero attached hydrogens (tertiary/aromatic N) is 3. The summed E-state index contributed by atoms with van der Waals surface area (Å²) >= 11 is 7.90. The van der Waals surface area contributed by atoms with Crippen LogP contribution in [0.25, 0.3) is 20.4 Å². The van der Waals surface area contributed by atoms with Crippen molar-refractivity contribution < 1.29 is 0 Å². The second-order valence-electron chi connectivity index (χ2n) is 6.82. The highest BCUT2D eigenvalue weighted by Crippen LogP contribution is 2.51. The molecule has 0 bridgehead atoms. The molecule has 4 rings (SSSR count). The number of fused-ring (bicyclic) bond motifs is 5. The van der Waals surface area contributed by atoms with Crippen LogP contribution in [0.3, 0.4) is 0 Å². The minimum Gasteiger partial charge on any atom is -0.313 e. The number of aryl methyl sites for hydroxylation is 1. The van der Waals surface area contributed by atoms with Crippen LogP contribution in [0, 0.1) is 5.41 Å². The first kappa shape index (κ1) is 15.2. The van der Waals surface area contributed by atoms with Crippen LogP contribution < -0.4 is 5.32 Å². The zero-order valence-corrected chi connectivity index (χ0v) is 15.3.